The number of cyclic esters (lactones) is 2. The van der Waals surface area contributed by atoms with Crippen molar-refractivity contribution in [3.8, 4) is 11.1 Å². The largest absolute Gasteiger partial charge is 0.386 e. The molecular weight excluding hydrogens is 360 g/mol. The summed E-state index contributed by atoms with van der Waals surface area (Å²) in [7, 11) is 0. The molecule has 0 aromatic heterocycles. The van der Waals surface area contributed by atoms with Gasteiger partial charge in [-0.05, 0) is 83.2 Å². The van der Waals surface area contributed by atoms with Gasteiger partial charge in [0.2, 0.25) is 0 Å². The highest BCUT2D eigenvalue weighted by Gasteiger charge is 2.32. The van der Waals surface area contributed by atoms with Crippen LogP contribution in [-0.4, -0.2) is 11.9 Å². The molecule has 1 atom stereocenters. The molecule has 0 saturated heterocycles. The lowest BCUT2D eigenvalue weighted by Crippen LogP contribution is -2.16. The summed E-state index contributed by atoms with van der Waals surface area (Å²) >= 11 is 0. The summed E-state index contributed by atoms with van der Waals surface area (Å²) in [4.78, 5) is 23.8. The van der Waals surface area contributed by atoms with Gasteiger partial charge in [-0.25, -0.2) is 9.59 Å². The smallest absolute Gasteiger partial charge is 0.346 e. The second kappa shape index (κ2) is 6.15. The Morgan fingerprint density at radius 3 is 2.48 bits per heavy atom. The number of hydrogen-bond acceptors (Lipinski definition) is 3. The first-order valence-corrected chi connectivity index (χ1v) is 10.3. The van der Waals surface area contributed by atoms with Gasteiger partial charge in [-0.3, -0.25) is 0 Å². The predicted octanol–water partition coefficient (Wildman–Crippen LogP) is 5.23. The summed E-state index contributed by atoms with van der Waals surface area (Å²) in [5, 5.41) is 0. The molecule has 0 fully saturated rings. The van der Waals surface area contributed by atoms with Gasteiger partial charge in [0.15, 0.2) is 0 Å². The molecule has 3 aromatic rings. The van der Waals surface area contributed by atoms with Crippen LogP contribution in [-0.2, 0) is 24.0 Å². The van der Waals surface area contributed by atoms with Crippen molar-refractivity contribution >= 4 is 11.9 Å². The van der Waals surface area contributed by atoms with Gasteiger partial charge in [0.1, 0.15) is 0 Å². The molecule has 0 saturated carbocycles. The summed E-state index contributed by atoms with van der Waals surface area (Å²) in [5.41, 5.74) is 10.5. The Morgan fingerprint density at radius 2 is 1.55 bits per heavy atom. The molecule has 29 heavy (non-hydrogen) atoms. The first-order valence-electron chi connectivity index (χ1n) is 10.3. The predicted molar refractivity (Wildman–Crippen MR) is 110 cm³/mol. The van der Waals surface area contributed by atoms with E-state index in [0.717, 1.165) is 37.7 Å². The van der Waals surface area contributed by atoms with Crippen molar-refractivity contribution in [2.45, 2.75) is 38.0 Å². The van der Waals surface area contributed by atoms with Crippen LogP contribution < -0.4 is 0 Å². The standard InChI is InChI=1S/C26H20O3/c27-25-23-11-9-16(14-24(23)26(28)29-25)18-6-3-7-19-21(18)13-12-20-17-5-2-1-4-15(17)8-10-22(19)20/h1-2,4-5,9,11-14,18H,3,6-8,10H2. The van der Waals surface area contributed by atoms with Crippen molar-refractivity contribution in [3.05, 3.63) is 93.5 Å². The van der Waals surface area contributed by atoms with Crippen LogP contribution in [0.2, 0.25) is 0 Å². The van der Waals surface area contributed by atoms with Gasteiger partial charge in [-0.1, -0.05) is 42.5 Å². The SMILES string of the molecule is O=C1OC(=O)c2cc(C3CCCc4c3ccc3c4CCc4ccccc4-3)ccc21. The van der Waals surface area contributed by atoms with Crippen LogP contribution in [0.15, 0.2) is 54.6 Å². The average molecular weight is 380 g/mol. The fourth-order valence-electron chi connectivity index (χ4n) is 5.44. The van der Waals surface area contributed by atoms with Crippen molar-refractivity contribution in [2.75, 3.05) is 0 Å². The summed E-state index contributed by atoms with van der Waals surface area (Å²) < 4.78 is 4.77. The molecule has 3 heteroatoms. The van der Waals surface area contributed by atoms with E-state index in [2.05, 4.69) is 36.4 Å². The summed E-state index contributed by atoms with van der Waals surface area (Å²) in [6.45, 7) is 0. The van der Waals surface area contributed by atoms with Crippen molar-refractivity contribution < 1.29 is 14.3 Å². The van der Waals surface area contributed by atoms with E-state index in [0.29, 0.717) is 11.1 Å². The topological polar surface area (TPSA) is 43.4 Å². The maximum absolute atomic E-state index is 12.0. The third-order valence-electron chi connectivity index (χ3n) is 6.79. The van der Waals surface area contributed by atoms with E-state index in [1.54, 1.807) is 6.07 Å². The fraction of sp³-hybridized carbons (Fsp3) is 0.231. The van der Waals surface area contributed by atoms with Crippen LogP contribution in [0.25, 0.3) is 11.1 Å². The molecule has 1 unspecified atom stereocenters. The van der Waals surface area contributed by atoms with Crippen molar-refractivity contribution in [1.82, 2.24) is 0 Å². The van der Waals surface area contributed by atoms with Crippen LogP contribution in [0.4, 0.5) is 0 Å². The van der Waals surface area contributed by atoms with Crippen LogP contribution in [0.5, 0.6) is 0 Å². The van der Waals surface area contributed by atoms with Gasteiger partial charge in [0.05, 0.1) is 11.1 Å². The molecule has 0 N–H and O–H groups in total. The minimum Gasteiger partial charge on any atom is -0.386 e. The lowest BCUT2D eigenvalue weighted by molar-refractivity contribution is 0.0443. The van der Waals surface area contributed by atoms with E-state index in [1.807, 2.05) is 12.1 Å². The third-order valence-corrected chi connectivity index (χ3v) is 6.79. The van der Waals surface area contributed by atoms with Gasteiger partial charge in [-0.2, -0.15) is 0 Å². The zero-order valence-corrected chi connectivity index (χ0v) is 16.0. The molecule has 142 valence electrons. The molecule has 1 aliphatic heterocycles. The minimum absolute atomic E-state index is 0.259. The molecule has 0 radical (unpaired) electrons. The Bertz CT molecular complexity index is 1200. The molecule has 3 aromatic carbocycles. The maximum atomic E-state index is 12.0. The molecule has 3 aliphatic rings. The van der Waals surface area contributed by atoms with E-state index in [4.69, 9.17) is 4.74 Å². The van der Waals surface area contributed by atoms with Crippen LogP contribution >= 0.6 is 0 Å². The molecule has 2 aliphatic carbocycles. The van der Waals surface area contributed by atoms with Gasteiger partial charge in [0.25, 0.3) is 0 Å². The van der Waals surface area contributed by atoms with Gasteiger partial charge in [0, 0.05) is 5.92 Å². The van der Waals surface area contributed by atoms with Crippen LogP contribution in [0, 0.1) is 0 Å². The summed E-state index contributed by atoms with van der Waals surface area (Å²) in [6.07, 6.45) is 5.49. The highest BCUT2D eigenvalue weighted by molar-refractivity contribution is 6.14. The zero-order valence-electron chi connectivity index (χ0n) is 16.0. The fourth-order valence-corrected chi connectivity index (χ4v) is 5.44. The summed E-state index contributed by atoms with van der Waals surface area (Å²) in [6, 6.07) is 18.9. The number of rotatable bonds is 1. The second-order valence-electron chi connectivity index (χ2n) is 8.24. The Kier molecular flexibility index (Phi) is 3.55. The molecule has 3 nitrogen and oxygen atoms in total. The first-order chi connectivity index (χ1) is 14.2. The number of benzene rings is 3. The van der Waals surface area contributed by atoms with Crippen molar-refractivity contribution in [1.29, 1.82) is 0 Å². The Hall–Kier alpha value is -3.20. The quantitative estimate of drug-likeness (QED) is 0.429. The summed E-state index contributed by atoms with van der Waals surface area (Å²) in [5.74, 6) is -0.798. The Morgan fingerprint density at radius 1 is 0.724 bits per heavy atom. The Labute approximate surface area is 169 Å². The number of fused-ring (bicyclic) bond motifs is 6. The molecule has 1 heterocycles. The van der Waals surface area contributed by atoms with E-state index in [-0.39, 0.29) is 5.92 Å². The number of esters is 2. The van der Waals surface area contributed by atoms with Gasteiger partial charge < -0.3 is 4.74 Å². The zero-order chi connectivity index (χ0) is 19.5. The first kappa shape index (κ1) is 16.7. The van der Waals surface area contributed by atoms with Gasteiger partial charge in [-0.15, -0.1) is 0 Å². The lowest BCUT2D eigenvalue weighted by Gasteiger charge is -2.31. The van der Waals surface area contributed by atoms with E-state index in [9.17, 15) is 9.59 Å². The minimum atomic E-state index is -0.534. The molecule has 6 rings (SSSR count). The number of carbonyl (C=O) groups excluding carboxylic acids is 2. The second-order valence-corrected chi connectivity index (χ2v) is 8.24. The Balaban J connectivity index is 1.47. The third kappa shape index (κ3) is 2.43. The number of ether oxygens (including phenoxy) is 1. The van der Waals surface area contributed by atoms with Gasteiger partial charge >= 0.3 is 11.9 Å². The molecular formula is C26H20O3. The number of hydrogen-bond donors (Lipinski definition) is 0. The van der Waals surface area contributed by atoms with E-state index >= 15 is 0 Å². The number of aryl methyl sites for hydroxylation is 1. The van der Waals surface area contributed by atoms with E-state index < -0.39 is 11.9 Å². The maximum Gasteiger partial charge on any atom is 0.346 e. The van der Waals surface area contributed by atoms with Crippen molar-refractivity contribution in [3.63, 3.8) is 0 Å². The highest BCUT2D eigenvalue weighted by Crippen LogP contribution is 2.44. The highest BCUT2D eigenvalue weighted by atomic mass is 16.6. The molecule has 0 spiro atoms. The van der Waals surface area contributed by atoms with Crippen molar-refractivity contribution in [2.24, 2.45) is 0 Å². The molecule has 0 amide bonds. The van der Waals surface area contributed by atoms with E-state index in [1.165, 1.54) is 33.4 Å². The lowest BCUT2D eigenvalue weighted by atomic mass is 9.73. The molecule has 0 bridgehead atoms. The van der Waals surface area contributed by atoms with Crippen LogP contribution in [0.1, 0.15) is 67.3 Å². The average Bonchev–Trinajstić information content (AvgIpc) is 3.05. The number of carbonyl (C=O) groups is 2. The van der Waals surface area contributed by atoms with Crippen LogP contribution in [0.3, 0.4) is 0 Å². The monoisotopic (exact) mass is 380 g/mol. The normalized spacial score (nSPS) is 19.1.